The number of ether oxygens (including phenoxy) is 1. The van der Waals surface area contributed by atoms with Gasteiger partial charge < -0.3 is 19.3 Å². The lowest BCUT2D eigenvalue weighted by Crippen LogP contribution is -2.44. The average molecular weight is 575 g/mol. The number of hydrogen-bond donors (Lipinski definition) is 1. The maximum Gasteiger partial charge on any atom is 0.435 e. The Balaban J connectivity index is 1.35. The van der Waals surface area contributed by atoms with Crippen molar-refractivity contribution in [1.29, 1.82) is 0 Å². The summed E-state index contributed by atoms with van der Waals surface area (Å²) >= 11 is 0. The maximum atomic E-state index is 14.1. The van der Waals surface area contributed by atoms with Crippen molar-refractivity contribution in [3.8, 4) is 0 Å². The quantitative estimate of drug-likeness (QED) is 0.199. The van der Waals surface area contributed by atoms with E-state index in [2.05, 4.69) is 25.2 Å². The summed E-state index contributed by atoms with van der Waals surface area (Å²) in [6.07, 6.45) is 6.67. The predicted octanol–water partition coefficient (Wildman–Crippen LogP) is 5.13. The number of fused-ring (bicyclic) bond motifs is 2. The number of hydrogen-bond acceptors (Lipinski definition) is 7. The van der Waals surface area contributed by atoms with Gasteiger partial charge in [0.2, 0.25) is 0 Å². The molecule has 0 spiro atoms. The van der Waals surface area contributed by atoms with Gasteiger partial charge in [-0.1, -0.05) is 16.3 Å². The Morgan fingerprint density at radius 1 is 1.12 bits per heavy atom. The van der Waals surface area contributed by atoms with E-state index >= 15 is 0 Å². The van der Waals surface area contributed by atoms with E-state index < -0.39 is 17.3 Å². The molecule has 0 saturated heterocycles. The summed E-state index contributed by atoms with van der Waals surface area (Å²) in [5.74, 6) is -0.0401. The van der Waals surface area contributed by atoms with E-state index in [1.165, 1.54) is 4.68 Å². The molecule has 2 atom stereocenters. The maximum absolute atomic E-state index is 14.1. The fraction of sp³-hybridized carbons (Fsp3) is 0.536. The van der Waals surface area contributed by atoms with Crippen LogP contribution in [0.1, 0.15) is 61.6 Å². The number of carbonyl (C=O) groups excluding carboxylic acids is 2. The van der Waals surface area contributed by atoms with Gasteiger partial charge in [0, 0.05) is 50.8 Å². The van der Waals surface area contributed by atoms with Gasteiger partial charge in [-0.15, -0.1) is 0 Å². The first-order chi connectivity index (χ1) is 20.0. The van der Waals surface area contributed by atoms with Crippen molar-refractivity contribution in [3.63, 3.8) is 0 Å². The Morgan fingerprint density at radius 3 is 2.57 bits per heavy atom. The van der Waals surface area contributed by atoms with Gasteiger partial charge in [0.15, 0.2) is 0 Å². The molecule has 1 aromatic carbocycles. The van der Waals surface area contributed by atoms with Crippen LogP contribution in [0, 0.1) is 0 Å². The molecule has 1 fully saturated rings. The van der Waals surface area contributed by atoms with Crippen LogP contribution in [0.15, 0.2) is 46.9 Å². The Labute approximate surface area is 242 Å². The van der Waals surface area contributed by atoms with E-state index in [9.17, 15) is 14.7 Å². The first kappa shape index (κ1) is 29.0. The number of nitrogens with zero attached hydrogens (tertiary/aromatic N) is 10. The zero-order valence-electron chi connectivity index (χ0n) is 23.9. The molecule has 1 saturated carbocycles. The number of aromatic nitrogens is 3. The molecular weight excluding hydrogens is 540 g/mol. The molecule has 3 aromatic rings. The Hall–Kier alpha value is -4.51. The Morgan fingerprint density at radius 2 is 1.86 bits per heavy atom. The Kier molecular flexibility index (Phi) is 7.87. The van der Waals surface area contributed by atoms with Gasteiger partial charge in [-0.2, -0.15) is 9.78 Å². The third kappa shape index (κ3) is 6.20. The smallest absolute Gasteiger partial charge is 0.435 e. The fourth-order valence-corrected chi connectivity index (χ4v) is 5.60. The topological polar surface area (TPSA) is 187 Å². The first-order valence-electron chi connectivity index (χ1n) is 14.0. The highest BCUT2D eigenvalue weighted by atomic mass is 16.6. The SMILES string of the molecule is CC(O)(CN=[N+]=[N-])Cn1ccc2c(C(=O)N(C3CC3)C3CCc4nn(C(=O)OC(C)(C)CN=[N+]=[N-])cc4C3)cccc21. The third-order valence-corrected chi connectivity index (χ3v) is 7.71. The van der Waals surface area contributed by atoms with Gasteiger partial charge in [0.25, 0.3) is 5.91 Å². The second kappa shape index (κ2) is 11.4. The molecule has 2 aliphatic rings. The first-order valence-corrected chi connectivity index (χ1v) is 14.0. The van der Waals surface area contributed by atoms with Gasteiger partial charge in [-0.3, -0.25) is 4.79 Å². The van der Waals surface area contributed by atoms with Crippen LogP contribution in [0.4, 0.5) is 4.79 Å². The highest BCUT2D eigenvalue weighted by Crippen LogP contribution is 2.36. The molecule has 2 aliphatic carbocycles. The summed E-state index contributed by atoms with van der Waals surface area (Å²) in [6.45, 7) is 5.09. The van der Waals surface area contributed by atoms with Crippen molar-refractivity contribution in [2.75, 3.05) is 13.1 Å². The normalized spacial score (nSPS) is 17.9. The van der Waals surface area contributed by atoms with Crippen molar-refractivity contribution >= 4 is 22.9 Å². The molecule has 0 radical (unpaired) electrons. The minimum absolute atomic E-state index is 0.00194. The number of rotatable bonds is 10. The molecule has 14 nitrogen and oxygen atoms in total. The van der Waals surface area contributed by atoms with E-state index in [0.717, 1.165) is 41.4 Å². The molecular formula is C28H34N10O4. The van der Waals surface area contributed by atoms with Crippen molar-refractivity contribution in [2.45, 2.75) is 82.7 Å². The number of carbonyl (C=O) groups is 2. The van der Waals surface area contributed by atoms with E-state index in [1.54, 1.807) is 27.0 Å². The summed E-state index contributed by atoms with van der Waals surface area (Å²) in [7, 11) is 0. The summed E-state index contributed by atoms with van der Waals surface area (Å²) in [5, 5.41) is 22.9. The molecule has 42 heavy (non-hydrogen) atoms. The monoisotopic (exact) mass is 574 g/mol. The Bertz CT molecular complexity index is 1610. The standard InChI is InChI=1S/C28H34N10O4/c1-27(2,15-31-34-29)42-26(40)37-14-18-13-20(9-10-23(18)33-37)38(19-7-8-19)25(39)22-5-4-6-24-21(22)11-12-36(24)17-28(3,41)16-32-35-30/h4-6,11-12,14,19-20,41H,7-10,13,15-17H2,1-3H3. The van der Waals surface area contributed by atoms with Crippen molar-refractivity contribution in [3.05, 3.63) is 74.4 Å². The second-order valence-electron chi connectivity index (χ2n) is 12.0. The number of amides is 1. The molecule has 2 aromatic heterocycles. The fourth-order valence-electron chi connectivity index (χ4n) is 5.60. The van der Waals surface area contributed by atoms with Crippen LogP contribution >= 0.6 is 0 Å². The molecule has 5 rings (SSSR count). The van der Waals surface area contributed by atoms with E-state index in [-0.39, 0.29) is 37.6 Å². The van der Waals surface area contributed by atoms with Crippen LogP contribution in [0.5, 0.6) is 0 Å². The van der Waals surface area contributed by atoms with Crippen LogP contribution in [0.3, 0.4) is 0 Å². The molecule has 2 unspecified atom stereocenters. The van der Waals surface area contributed by atoms with Crippen molar-refractivity contribution in [2.24, 2.45) is 10.2 Å². The molecule has 0 aliphatic heterocycles. The number of azide groups is 2. The minimum Gasteiger partial charge on any atom is -0.442 e. The molecule has 220 valence electrons. The van der Waals surface area contributed by atoms with Gasteiger partial charge >= 0.3 is 6.09 Å². The van der Waals surface area contributed by atoms with Crippen molar-refractivity contribution in [1.82, 2.24) is 19.2 Å². The predicted molar refractivity (Wildman–Crippen MR) is 154 cm³/mol. The largest absolute Gasteiger partial charge is 0.442 e. The van der Waals surface area contributed by atoms with E-state index in [4.69, 9.17) is 15.8 Å². The molecule has 0 bridgehead atoms. The third-order valence-electron chi connectivity index (χ3n) is 7.71. The highest BCUT2D eigenvalue weighted by molar-refractivity contribution is 6.07. The van der Waals surface area contributed by atoms with Crippen LogP contribution in [-0.4, -0.2) is 72.7 Å². The van der Waals surface area contributed by atoms with Gasteiger partial charge in [-0.25, -0.2) is 4.79 Å². The van der Waals surface area contributed by atoms with Gasteiger partial charge in [0.05, 0.1) is 30.9 Å². The molecule has 2 heterocycles. The van der Waals surface area contributed by atoms with Gasteiger partial charge in [-0.05, 0) is 87.7 Å². The lowest BCUT2D eigenvalue weighted by atomic mass is 9.91. The second-order valence-corrected chi connectivity index (χ2v) is 12.0. The molecule has 14 heteroatoms. The summed E-state index contributed by atoms with van der Waals surface area (Å²) in [4.78, 5) is 34.4. The molecule has 1 N–H and O–H groups in total. The minimum atomic E-state index is -1.24. The van der Waals surface area contributed by atoms with Gasteiger partial charge in [0.1, 0.15) is 5.60 Å². The lowest BCUT2D eigenvalue weighted by Gasteiger charge is -2.34. The van der Waals surface area contributed by atoms with E-state index in [1.807, 2.05) is 39.9 Å². The average Bonchev–Trinajstić information content (AvgIpc) is 3.55. The van der Waals surface area contributed by atoms with Crippen LogP contribution < -0.4 is 0 Å². The lowest BCUT2D eigenvalue weighted by molar-refractivity contribution is 0.0441. The zero-order chi connectivity index (χ0) is 30.1. The zero-order valence-corrected chi connectivity index (χ0v) is 23.9. The van der Waals surface area contributed by atoms with Crippen LogP contribution in [-0.2, 0) is 24.1 Å². The van der Waals surface area contributed by atoms with Crippen LogP contribution in [0.25, 0.3) is 31.8 Å². The number of aryl methyl sites for hydroxylation is 1. The van der Waals surface area contributed by atoms with E-state index in [0.29, 0.717) is 18.4 Å². The summed E-state index contributed by atoms with van der Waals surface area (Å²) in [5.41, 5.74) is 18.1. The molecule has 1 amide bonds. The van der Waals surface area contributed by atoms with Crippen molar-refractivity contribution < 1.29 is 19.4 Å². The summed E-state index contributed by atoms with van der Waals surface area (Å²) < 4.78 is 8.57. The highest BCUT2D eigenvalue weighted by Gasteiger charge is 2.40. The number of aliphatic hydroxyl groups is 1. The summed E-state index contributed by atoms with van der Waals surface area (Å²) in [6, 6.07) is 7.59. The van der Waals surface area contributed by atoms with Crippen LogP contribution in [0.2, 0.25) is 0 Å². The number of benzene rings is 1.